The summed E-state index contributed by atoms with van der Waals surface area (Å²) >= 11 is 0. The standard InChI is InChI=1S/C56H47N7OSi3/c1-65(2,52-38-57-33-35-59-52)56(66(3,4)53-39-58-34-36-60-53)44-25-11-16-31-50(44)64-54-45(56)26-18-32-51(54)67(41-20-7-5-8-21-41,42-22-9-6-10-23-42)43-24-17-19-40(37-43)62-48-29-14-15-30-49(48)63-47-28-13-12-27-46(47)61-55(62)63/h5-39H,1-4H3/i1D3,2D3,3D3. The highest BCUT2D eigenvalue weighted by Crippen LogP contribution is 2.56. The summed E-state index contributed by atoms with van der Waals surface area (Å²) < 4.78 is 99.0. The molecule has 7 aromatic carbocycles. The van der Waals surface area contributed by atoms with Gasteiger partial charge in [-0.2, -0.15) is 0 Å². The maximum atomic E-state index is 9.97. The molecular formula is C56H47N7OSi3. The van der Waals surface area contributed by atoms with Crippen molar-refractivity contribution in [1.82, 2.24) is 33.9 Å². The molecule has 0 saturated carbocycles. The molecule has 0 N–H and O–H groups in total. The minimum atomic E-state index is -5.80. The number of aromatic nitrogens is 7. The summed E-state index contributed by atoms with van der Waals surface area (Å²) in [5.74, 6) is 1.000. The zero-order chi connectivity index (χ0) is 52.9. The van der Waals surface area contributed by atoms with E-state index < -0.39 is 48.3 Å². The molecule has 2 atom stereocenters. The Morgan fingerprint density at radius 2 is 1.12 bits per heavy atom. The Labute approximate surface area is 405 Å². The van der Waals surface area contributed by atoms with E-state index in [2.05, 4.69) is 84.6 Å². The van der Waals surface area contributed by atoms with Crippen LogP contribution >= 0.6 is 0 Å². The predicted molar refractivity (Wildman–Crippen MR) is 279 cm³/mol. The fourth-order valence-electron chi connectivity index (χ4n) is 10.9. The van der Waals surface area contributed by atoms with Gasteiger partial charge in [-0.15, -0.1) is 0 Å². The molecule has 0 aliphatic carbocycles. The second kappa shape index (κ2) is 15.5. The van der Waals surface area contributed by atoms with Crippen molar-refractivity contribution in [3.63, 3.8) is 0 Å². The highest BCUT2D eigenvalue weighted by molar-refractivity contribution is 7.20. The third-order valence-corrected chi connectivity index (χ3v) is 27.1. The van der Waals surface area contributed by atoms with Gasteiger partial charge in [0.1, 0.15) is 27.6 Å². The number of hydrogen-bond acceptors (Lipinski definition) is 6. The highest BCUT2D eigenvalue weighted by atomic mass is 28.4. The molecule has 67 heavy (non-hydrogen) atoms. The van der Waals surface area contributed by atoms with Crippen LogP contribution in [0.2, 0.25) is 26.0 Å². The molecule has 1 aliphatic rings. The maximum absolute atomic E-state index is 9.97. The van der Waals surface area contributed by atoms with Crippen molar-refractivity contribution >= 4 is 83.4 Å². The van der Waals surface area contributed by atoms with Crippen LogP contribution in [0.5, 0.6) is 11.5 Å². The van der Waals surface area contributed by atoms with Gasteiger partial charge in [-0.3, -0.25) is 28.9 Å². The Balaban J connectivity index is 1.29. The summed E-state index contributed by atoms with van der Waals surface area (Å²) in [6.07, 6.45) is 8.00. The predicted octanol–water partition coefficient (Wildman–Crippen LogP) is 8.09. The molecule has 11 heteroatoms. The zero-order valence-electron chi connectivity index (χ0n) is 45.2. The number of ether oxygens (including phenoxy) is 1. The number of fused-ring (bicyclic) bond motifs is 7. The summed E-state index contributed by atoms with van der Waals surface area (Å²) in [6.45, 7) is -8.32. The van der Waals surface area contributed by atoms with Gasteiger partial charge >= 0.3 is 0 Å². The van der Waals surface area contributed by atoms with Crippen molar-refractivity contribution in [3.8, 4) is 17.2 Å². The molecule has 11 aromatic rings. The molecular weight excluding hydrogens is 871 g/mol. The van der Waals surface area contributed by atoms with Crippen molar-refractivity contribution in [1.29, 1.82) is 0 Å². The molecule has 8 nitrogen and oxygen atoms in total. The SMILES string of the molecule is [2H]C([2H])([2H])[Si](C)(c1cnccn1)C1([Si](c2cnccn2)(C([2H])([2H])[2H])C([2H])([2H])[2H])c2ccccc2Oc2c1cccc2[Si](c1ccccc1)(c1ccccc1)c1cccc(-n2c3ccccc3n3c4ccccc4nc23)c1. The van der Waals surface area contributed by atoms with Crippen molar-refractivity contribution in [2.24, 2.45) is 0 Å². The minimum absolute atomic E-state index is 0.00318. The summed E-state index contributed by atoms with van der Waals surface area (Å²) in [7, 11) is -14.7. The molecule has 5 heterocycles. The van der Waals surface area contributed by atoms with Crippen LogP contribution in [-0.2, 0) is 4.66 Å². The van der Waals surface area contributed by atoms with Crippen molar-refractivity contribution in [2.75, 3.05) is 0 Å². The fourth-order valence-corrected chi connectivity index (χ4v) is 24.3. The van der Waals surface area contributed by atoms with Crippen LogP contribution < -0.4 is 36.1 Å². The lowest BCUT2D eigenvalue weighted by atomic mass is 9.98. The average molecular weight is 927 g/mol. The first kappa shape index (κ1) is 32.2. The van der Waals surface area contributed by atoms with Gasteiger partial charge in [-0.05, 0) is 63.2 Å². The van der Waals surface area contributed by atoms with Gasteiger partial charge in [0.15, 0.2) is 8.07 Å². The van der Waals surface area contributed by atoms with E-state index in [0.29, 0.717) is 11.0 Å². The second-order valence-corrected chi connectivity index (χ2v) is 27.7. The number of rotatable bonds is 9. The van der Waals surface area contributed by atoms with Crippen molar-refractivity contribution < 1.29 is 17.1 Å². The van der Waals surface area contributed by atoms with Gasteiger partial charge in [0.05, 0.1) is 22.1 Å². The van der Waals surface area contributed by atoms with E-state index in [1.165, 1.54) is 37.2 Å². The summed E-state index contributed by atoms with van der Waals surface area (Å²) in [5.41, 5.74) is 4.75. The monoisotopic (exact) mass is 926 g/mol. The molecule has 0 fully saturated rings. The van der Waals surface area contributed by atoms with Crippen LogP contribution in [0.4, 0.5) is 0 Å². The molecule has 1 aliphatic heterocycles. The molecule has 4 aromatic heterocycles. The van der Waals surface area contributed by atoms with Gasteiger partial charge in [0.2, 0.25) is 5.78 Å². The van der Waals surface area contributed by atoms with Gasteiger partial charge in [0.25, 0.3) is 0 Å². The number of para-hydroxylation sites is 6. The smallest absolute Gasteiger partial charge is 0.220 e. The van der Waals surface area contributed by atoms with Gasteiger partial charge in [-0.25, -0.2) is 4.98 Å². The summed E-state index contributed by atoms with van der Waals surface area (Å²) in [6, 6.07) is 57.0. The molecule has 0 saturated heterocycles. The topological polar surface area (TPSA) is 83.0 Å². The lowest BCUT2D eigenvalue weighted by Crippen LogP contribution is -2.78. The van der Waals surface area contributed by atoms with Crippen molar-refractivity contribution in [2.45, 2.75) is 30.6 Å². The van der Waals surface area contributed by atoms with E-state index in [-0.39, 0.29) is 33.3 Å². The van der Waals surface area contributed by atoms with Crippen LogP contribution in [0.25, 0.3) is 33.5 Å². The van der Waals surface area contributed by atoms with E-state index in [0.717, 1.165) is 43.3 Å². The van der Waals surface area contributed by atoms with E-state index in [4.69, 9.17) is 14.7 Å². The quantitative estimate of drug-likeness (QED) is 0.108. The van der Waals surface area contributed by atoms with Crippen LogP contribution in [0.1, 0.15) is 23.5 Å². The van der Waals surface area contributed by atoms with Gasteiger partial charge < -0.3 is 4.74 Å². The minimum Gasteiger partial charge on any atom is -0.457 e. The molecule has 324 valence electrons. The van der Waals surface area contributed by atoms with Gasteiger partial charge in [0, 0.05) is 81.6 Å². The Hall–Kier alpha value is -7.58. The average Bonchev–Trinajstić information content (AvgIpc) is 3.43. The van der Waals surface area contributed by atoms with Crippen LogP contribution in [0.3, 0.4) is 0 Å². The Kier molecular flexibility index (Phi) is 7.45. The molecule has 0 radical (unpaired) electrons. The van der Waals surface area contributed by atoms with E-state index in [1.807, 2.05) is 78.9 Å². The molecule has 0 spiro atoms. The normalized spacial score (nSPS) is 18.3. The molecule has 12 rings (SSSR count). The van der Waals surface area contributed by atoms with Crippen LogP contribution in [-0.4, -0.2) is 58.1 Å². The Morgan fingerprint density at radius 3 is 1.81 bits per heavy atom. The van der Waals surface area contributed by atoms with E-state index in [1.54, 1.807) is 42.9 Å². The maximum Gasteiger partial charge on any atom is 0.220 e. The first-order valence-electron chi connectivity index (χ1n) is 26.6. The largest absolute Gasteiger partial charge is 0.457 e. The summed E-state index contributed by atoms with van der Waals surface area (Å²) in [5, 5.41) is 3.06. The van der Waals surface area contributed by atoms with E-state index >= 15 is 0 Å². The van der Waals surface area contributed by atoms with Crippen LogP contribution in [0, 0.1) is 0 Å². The molecule has 2 unspecified atom stereocenters. The van der Waals surface area contributed by atoms with Gasteiger partial charge in [-0.1, -0.05) is 159 Å². The molecule has 0 bridgehead atoms. The highest BCUT2D eigenvalue weighted by Gasteiger charge is 2.65. The number of hydrogen-bond donors (Lipinski definition) is 0. The second-order valence-electron chi connectivity index (χ2n) is 17.2. The molecule has 0 amide bonds. The first-order chi connectivity index (χ1) is 36.5. The number of nitrogens with zero attached hydrogens (tertiary/aromatic N) is 7. The Bertz CT molecular complexity index is 3940. The third kappa shape index (κ3) is 5.78. The van der Waals surface area contributed by atoms with Crippen molar-refractivity contribution in [3.05, 3.63) is 224 Å². The zero-order valence-corrected chi connectivity index (χ0v) is 39.2. The fraction of sp³-hybridized carbons (Fsp3) is 0.0893. The summed E-state index contributed by atoms with van der Waals surface area (Å²) in [4.78, 5) is 23.5. The van der Waals surface area contributed by atoms with E-state index in [9.17, 15) is 12.3 Å². The lowest BCUT2D eigenvalue weighted by molar-refractivity contribution is 0.453. The number of benzene rings is 7. The lowest BCUT2D eigenvalue weighted by Gasteiger charge is -2.56. The third-order valence-electron chi connectivity index (χ3n) is 13.7. The Morgan fingerprint density at radius 1 is 0.537 bits per heavy atom. The first-order valence-corrected chi connectivity index (χ1v) is 28.6. The number of imidazole rings is 2. The van der Waals surface area contributed by atoms with Crippen LogP contribution in [0.15, 0.2) is 213 Å².